The van der Waals surface area contributed by atoms with Gasteiger partial charge in [0.2, 0.25) is 0 Å². The number of benzene rings is 3. The summed E-state index contributed by atoms with van der Waals surface area (Å²) in [7, 11) is 0. The topological polar surface area (TPSA) is 61.6 Å². The molecule has 2 heterocycles. The van der Waals surface area contributed by atoms with Crippen molar-refractivity contribution >= 4 is 12.0 Å². The first-order valence-electron chi connectivity index (χ1n) is 15.0. The van der Waals surface area contributed by atoms with Crippen LogP contribution < -0.4 is 4.74 Å². The standard InChI is InChI=1S/C12H13FO3.C8H7F3.C8H10.C6H7N.C5H6O.CH4/c1-3-9-7-5-6-8-10(9)16-11(13)12(14)15-4-2;1-6-4-2-3-5-7(6)8(9,10)11;1-7-5-3-4-6-8(7)2;1-6-4-2-3-5-7-6;1-5-3-2-4-6-5;/h3,5-8,11H,1,4H2,2H3;2-5H,1H3;3-6H,1-2H3;2-5H,1H3;2-4H,1H3;1H4. The Bertz CT molecular complexity index is 1580. The Balaban J connectivity index is 0.000000612. The van der Waals surface area contributed by atoms with Crippen molar-refractivity contribution in [3.05, 3.63) is 161 Å². The van der Waals surface area contributed by atoms with E-state index in [2.05, 4.69) is 54.4 Å². The van der Waals surface area contributed by atoms with E-state index in [-0.39, 0.29) is 25.3 Å². The lowest BCUT2D eigenvalue weighted by atomic mass is 10.1. The van der Waals surface area contributed by atoms with Gasteiger partial charge in [-0.25, -0.2) is 4.79 Å². The molecule has 0 amide bonds. The molecule has 1 unspecified atom stereocenters. The van der Waals surface area contributed by atoms with Crippen molar-refractivity contribution in [2.75, 3.05) is 6.61 Å². The van der Waals surface area contributed by atoms with Crippen molar-refractivity contribution in [3.8, 4) is 5.75 Å². The van der Waals surface area contributed by atoms with Crippen molar-refractivity contribution in [2.24, 2.45) is 0 Å². The fraction of sp³-hybridized carbons (Fsp3) is 0.250. The fourth-order valence-electron chi connectivity index (χ4n) is 3.49. The first-order chi connectivity index (χ1) is 22.8. The van der Waals surface area contributed by atoms with E-state index in [4.69, 9.17) is 9.15 Å². The van der Waals surface area contributed by atoms with Crippen LogP contribution in [0.25, 0.3) is 6.08 Å². The molecule has 0 aliphatic rings. The van der Waals surface area contributed by atoms with Crippen LogP contribution >= 0.6 is 0 Å². The van der Waals surface area contributed by atoms with Crippen LogP contribution in [0.1, 0.15) is 53.6 Å². The summed E-state index contributed by atoms with van der Waals surface area (Å²) in [6.07, 6.45) is -1.36. The van der Waals surface area contributed by atoms with Crippen LogP contribution in [0, 0.1) is 34.6 Å². The van der Waals surface area contributed by atoms with Gasteiger partial charge >= 0.3 is 18.5 Å². The fourth-order valence-corrected chi connectivity index (χ4v) is 3.49. The quantitative estimate of drug-likeness (QED) is 0.136. The number of hydrogen-bond acceptors (Lipinski definition) is 5. The third-order valence-electron chi connectivity index (χ3n) is 6.19. The van der Waals surface area contributed by atoms with Gasteiger partial charge in [0, 0.05) is 17.5 Å². The minimum Gasteiger partial charge on any atom is -0.470 e. The van der Waals surface area contributed by atoms with Crippen LogP contribution in [0.4, 0.5) is 17.6 Å². The predicted molar refractivity (Wildman–Crippen MR) is 190 cm³/mol. The van der Waals surface area contributed by atoms with E-state index in [1.54, 1.807) is 49.7 Å². The molecular formula is C40H47F4NO4. The summed E-state index contributed by atoms with van der Waals surface area (Å²) >= 11 is 0. The lowest BCUT2D eigenvalue weighted by Crippen LogP contribution is -2.25. The summed E-state index contributed by atoms with van der Waals surface area (Å²) in [5.74, 6) is 0.203. The highest BCUT2D eigenvalue weighted by atomic mass is 19.4. The third kappa shape index (κ3) is 18.7. The molecule has 0 spiro atoms. The highest BCUT2D eigenvalue weighted by molar-refractivity contribution is 5.73. The van der Waals surface area contributed by atoms with Gasteiger partial charge in [-0.3, -0.25) is 4.98 Å². The molecule has 0 fully saturated rings. The summed E-state index contributed by atoms with van der Waals surface area (Å²) in [6.45, 7) is 14.9. The Labute approximate surface area is 288 Å². The Hall–Kier alpha value is -5.18. The first-order valence-corrected chi connectivity index (χ1v) is 15.0. The van der Waals surface area contributed by atoms with Crippen LogP contribution in [-0.2, 0) is 15.7 Å². The van der Waals surface area contributed by atoms with Gasteiger partial charge in [0.25, 0.3) is 0 Å². The highest BCUT2D eigenvalue weighted by Crippen LogP contribution is 2.31. The number of esters is 1. The second-order valence-electron chi connectivity index (χ2n) is 10.0. The molecule has 5 nitrogen and oxygen atoms in total. The Morgan fingerprint density at radius 3 is 1.73 bits per heavy atom. The SMILES string of the molecule is C.C=Cc1ccccc1OC(F)C(=O)OCC.Cc1ccccc1C.Cc1ccccc1C(F)(F)F.Cc1ccccn1.Cc1ccco1. The van der Waals surface area contributed by atoms with Crippen molar-refractivity contribution < 1.29 is 36.2 Å². The molecule has 5 aromatic rings. The van der Waals surface area contributed by atoms with Gasteiger partial charge in [-0.1, -0.05) is 86.8 Å². The van der Waals surface area contributed by atoms with E-state index in [1.165, 1.54) is 36.3 Å². The van der Waals surface area contributed by atoms with Crippen LogP contribution in [0.3, 0.4) is 0 Å². The van der Waals surface area contributed by atoms with Gasteiger partial charge in [-0.15, -0.1) is 0 Å². The average Bonchev–Trinajstić information content (AvgIpc) is 3.55. The Kier molecular flexibility index (Phi) is 21.5. The summed E-state index contributed by atoms with van der Waals surface area (Å²) in [5.41, 5.74) is 4.14. The second kappa shape index (κ2) is 24.0. The Morgan fingerprint density at radius 1 is 0.816 bits per heavy atom. The number of ether oxygens (including phenoxy) is 2. The van der Waals surface area contributed by atoms with Crippen molar-refractivity contribution in [1.29, 1.82) is 0 Å². The molecule has 0 aliphatic carbocycles. The first kappa shape index (κ1) is 43.8. The van der Waals surface area contributed by atoms with Gasteiger partial charge in [0.15, 0.2) is 0 Å². The maximum Gasteiger partial charge on any atom is 0.416 e. The molecule has 49 heavy (non-hydrogen) atoms. The molecule has 1 atom stereocenters. The molecule has 0 saturated carbocycles. The zero-order chi connectivity index (χ0) is 36.0. The smallest absolute Gasteiger partial charge is 0.416 e. The van der Waals surface area contributed by atoms with E-state index >= 15 is 0 Å². The largest absolute Gasteiger partial charge is 0.470 e. The van der Waals surface area contributed by atoms with Crippen LogP contribution in [0.2, 0.25) is 0 Å². The maximum atomic E-state index is 13.3. The molecule has 9 heteroatoms. The molecule has 0 bridgehead atoms. The zero-order valence-corrected chi connectivity index (χ0v) is 28.1. The second-order valence-corrected chi connectivity index (χ2v) is 10.0. The van der Waals surface area contributed by atoms with Gasteiger partial charge in [-0.05, 0) is 94.6 Å². The van der Waals surface area contributed by atoms with Gasteiger partial charge in [0.05, 0.1) is 18.4 Å². The molecular weight excluding hydrogens is 634 g/mol. The Morgan fingerprint density at radius 2 is 1.37 bits per heavy atom. The number of carbonyl (C=O) groups excluding carboxylic acids is 1. The number of pyridine rings is 1. The summed E-state index contributed by atoms with van der Waals surface area (Å²) in [6, 6.07) is 30.2. The van der Waals surface area contributed by atoms with E-state index in [9.17, 15) is 22.4 Å². The summed E-state index contributed by atoms with van der Waals surface area (Å²) in [5, 5.41) is 0. The molecule has 0 aliphatic heterocycles. The van der Waals surface area contributed by atoms with Crippen molar-refractivity contribution in [3.63, 3.8) is 0 Å². The highest BCUT2D eigenvalue weighted by Gasteiger charge is 2.31. The lowest BCUT2D eigenvalue weighted by Gasteiger charge is -2.12. The zero-order valence-electron chi connectivity index (χ0n) is 28.1. The summed E-state index contributed by atoms with van der Waals surface area (Å²) in [4.78, 5) is 15.0. The molecule has 5 rings (SSSR count). The van der Waals surface area contributed by atoms with Crippen molar-refractivity contribution in [1.82, 2.24) is 4.98 Å². The van der Waals surface area contributed by atoms with Gasteiger partial charge in [-0.2, -0.15) is 17.6 Å². The number of hydrogen-bond donors (Lipinski definition) is 0. The molecule has 0 saturated heterocycles. The minimum atomic E-state index is -4.22. The monoisotopic (exact) mass is 681 g/mol. The van der Waals surface area contributed by atoms with Crippen LogP contribution in [0.15, 0.2) is 127 Å². The lowest BCUT2D eigenvalue weighted by molar-refractivity contribution is -0.159. The van der Waals surface area contributed by atoms with E-state index in [0.717, 1.165) is 17.5 Å². The number of nitrogens with zero attached hydrogens (tertiary/aromatic N) is 1. The molecule has 2 aromatic heterocycles. The number of para-hydroxylation sites is 1. The van der Waals surface area contributed by atoms with Gasteiger partial charge < -0.3 is 13.9 Å². The van der Waals surface area contributed by atoms with E-state index < -0.39 is 24.1 Å². The average molecular weight is 682 g/mol. The number of alkyl halides is 4. The number of rotatable bonds is 5. The normalized spacial score (nSPS) is 10.2. The minimum absolute atomic E-state index is 0. The number of furan rings is 1. The maximum absolute atomic E-state index is 13.3. The number of carbonyl (C=O) groups is 1. The van der Waals surface area contributed by atoms with E-state index in [1.807, 2.05) is 44.2 Å². The summed E-state index contributed by atoms with van der Waals surface area (Å²) < 4.78 is 63.6. The van der Waals surface area contributed by atoms with Crippen LogP contribution in [-0.4, -0.2) is 23.9 Å². The van der Waals surface area contributed by atoms with E-state index in [0.29, 0.717) is 5.56 Å². The number of halogens is 4. The molecule has 264 valence electrons. The third-order valence-corrected chi connectivity index (χ3v) is 6.19. The van der Waals surface area contributed by atoms with Crippen molar-refractivity contribution in [2.45, 2.75) is 61.5 Å². The van der Waals surface area contributed by atoms with Gasteiger partial charge in [0.1, 0.15) is 11.5 Å². The number of aryl methyl sites for hydroxylation is 5. The number of aromatic nitrogens is 1. The molecule has 0 N–H and O–H groups in total. The molecule has 0 radical (unpaired) electrons. The predicted octanol–water partition coefficient (Wildman–Crippen LogP) is 11.5. The molecule has 3 aromatic carbocycles. The van der Waals surface area contributed by atoms with Crippen LogP contribution in [0.5, 0.6) is 5.75 Å².